The Balaban J connectivity index is 1.68. The van der Waals surface area contributed by atoms with E-state index in [2.05, 4.69) is 15.2 Å². The standard InChI is InChI=1S/C12H17N3O3S/c16-10(3-6-15-4-1-2-5-15)13-7-11-14-9(8-19-11)12(17)18/h8H,1-7H2,(H,13,16)(H,17,18). The third-order valence-corrected chi connectivity index (χ3v) is 3.91. The van der Waals surface area contributed by atoms with E-state index in [0.29, 0.717) is 18.0 Å². The van der Waals surface area contributed by atoms with Crippen molar-refractivity contribution in [1.29, 1.82) is 0 Å². The van der Waals surface area contributed by atoms with Gasteiger partial charge in [-0.1, -0.05) is 0 Å². The molecule has 1 aromatic heterocycles. The second kappa shape index (κ2) is 6.63. The van der Waals surface area contributed by atoms with Crippen LogP contribution in [0.1, 0.15) is 34.8 Å². The highest BCUT2D eigenvalue weighted by Gasteiger charge is 2.13. The SMILES string of the molecule is O=C(CCN1CCCC1)NCc1nc(C(=O)O)cs1. The molecule has 0 spiro atoms. The summed E-state index contributed by atoms with van der Waals surface area (Å²) in [4.78, 5) is 28.5. The van der Waals surface area contributed by atoms with E-state index in [1.807, 2.05) is 0 Å². The summed E-state index contributed by atoms with van der Waals surface area (Å²) in [6, 6.07) is 0. The van der Waals surface area contributed by atoms with Gasteiger partial charge < -0.3 is 15.3 Å². The van der Waals surface area contributed by atoms with E-state index in [9.17, 15) is 9.59 Å². The molecule has 1 aromatic rings. The van der Waals surface area contributed by atoms with E-state index in [4.69, 9.17) is 5.11 Å². The van der Waals surface area contributed by atoms with Crippen LogP contribution in [0.4, 0.5) is 0 Å². The van der Waals surface area contributed by atoms with Crippen LogP contribution in [0.5, 0.6) is 0 Å². The van der Waals surface area contributed by atoms with Crippen LogP contribution in [0, 0.1) is 0 Å². The third kappa shape index (κ3) is 4.29. The van der Waals surface area contributed by atoms with E-state index in [-0.39, 0.29) is 11.6 Å². The van der Waals surface area contributed by atoms with Crippen LogP contribution in [0.3, 0.4) is 0 Å². The molecule has 0 unspecified atom stereocenters. The van der Waals surface area contributed by atoms with Gasteiger partial charge in [0.2, 0.25) is 5.91 Å². The second-order valence-electron chi connectivity index (χ2n) is 4.51. The summed E-state index contributed by atoms with van der Waals surface area (Å²) in [6.07, 6.45) is 2.93. The predicted octanol–water partition coefficient (Wildman–Crippen LogP) is 0.943. The van der Waals surface area contributed by atoms with Crippen LogP contribution in [-0.4, -0.2) is 46.5 Å². The lowest BCUT2D eigenvalue weighted by molar-refractivity contribution is -0.121. The quantitative estimate of drug-likeness (QED) is 0.812. The highest BCUT2D eigenvalue weighted by Crippen LogP contribution is 2.10. The average molecular weight is 283 g/mol. The molecule has 2 N–H and O–H groups in total. The van der Waals surface area contributed by atoms with Crippen molar-refractivity contribution < 1.29 is 14.7 Å². The molecule has 1 fully saturated rings. The summed E-state index contributed by atoms with van der Waals surface area (Å²) in [5, 5.41) is 13.6. The Morgan fingerprint density at radius 2 is 2.16 bits per heavy atom. The number of likely N-dealkylation sites (tertiary alicyclic amines) is 1. The average Bonchev–Trinajstić information content (AvgIpc) is 3.05. The Bertz CT molecular complexity index is 455. The first-order chi connectivity index (χ1) is 9.15. The Kier molecular flexibility index (Phi) is 4.86. The highest BCUT2D eigenvalue weighted by atomic mass is 32.1. The fourth-order valence-electron chi connectivity index (χ4n) is 2.02. The van der Waals surface area contributed by atoms with Gasteiger partial charge in [0.15, 0.2) is 5.69 Å². The molecular formula is C12H17N3O3S. The van der Waals surface area contributed by atoms with Crippen molar-refractivity contribution in [3.8, 4) is 0 Å². The summed E-state index contributed by atoms with van der Waals surface area (Å²) < 4.78 is 0. The van der Waals surface area contributed by atoms with Crippen molar-refractivity contribution in [3.63, 3.8) is 0 Å². The molecule has 1 saturated heterocycles. The Morgan fingerprint density at radius 3 is 2.79 bits per heavy atom. The molecule has 0 radical (unpaired) electrons. The van der Waals surface area contributed by atoms with Gasteiger partial charge in [-0.2, -0.15) is 0 Å². The van der Waals surface area contributed by atoms with Gasteiger partial charge in [0.1, 0.15) is 5.01 Å². The van der Waals surface area contributed by atoms with E-state index >= 15 is 0 Å². The molecule has 2 heterocycles. The zero-order valence-electron chi connectivity index (χ0n) is 10.6. The molecule has 6 nitrogen and oxygen atoms in total. The lowest BCUT2D eigenvalue weighted by atomic mass is 10.3. The van der Waals surface area contributed by atoms with E-state index in [0.717, 1.165) is 19.6 Å². The minimum absolute atomic E-state index is 0.0148. The van der Waals surface area contributed by atoms with Gasteiger partial charge in [-0.05, 0) is 25.9 Å². The van der Waals surface area contributed by atoms with Gasteiger partial charge in [0.05, 0.1) is 6.54 Å². The number of rotatable bonds is 6. The van der Waals surface area contributed by atoms with Gasteiger partial charge in [-0.3, -0.25) is 4.79 Å². The molecule has 0 aliphatic carbocycles. The number of carboxylic acid groups (broad SMARTS) is 1. The smallest absolute Gasteiger partial charge is 0.355 e. The first-order valence-corrected chi connectivity index (χ1v) is 7.20. The van der Waals surface area contributed by atoms with Crippen LogP contribution in [0.15, 0.2) is 5.38 Å². The monoisotopic (exact) mass is 283 g/mol. The number of amides is 1. The Labute approximate surface area is 115 Å². The van der Waals surface area contributed by atoms with Gasteiger partial charge in [-0.15, -0.1) is 11.3 Å². The molecule has 0 bridgehead atoms. The number of aromatic carboxylic acids is 1. The first kappa shape index (κ1) is 14.0. The number of nitrogens with zero attached hydrogens (tertiary/aromatic N) is 2. The summed E-state index contributed by atoms with van der Waals surface area (Å²) in [5.41, 5.74) is 0.0336. The number of hydrogen-bond acceptors (Lipinski definition) is 5. The summed E-state index contributed by atoms with van der Waals surface area (Å²) >= 11 is 1.25. The van der Waals surface area contributed by atoms with Crippen LogP contribution < -0.4 is 5.32 Å². The summed E-state index contributed by atoms with van der Waals surface area (Å²) in [7, 11) is 0. The van der Waals surface area contributed by atoms with Crippen LogP contribution in [-0.2, 0) is 11.3 Å². The van der Waals surface area contributed by atoms with Crippen molar-refractivity contribution >= 4 is 23.2 Å². The van der Waals surface area contributed by atoms with Crippen molar-refractivity contribution in [2.75, 3.05) is 19.6 Å². The normalized spacial score (nSPS) is 15.6. The summed E-state index contributed by atoms with van der Waals surface area (Å²) in [6.45, 7) is 3.27. The van der Waals surface area contributed by atoms with Gasteiger partial charge in [0.25, 0.3) is 0 Å². The maximum Gasteiger partial charge on any atom is 0.355 e. The Morgan fingerprint density at radius 1 is 1.42 bits per heavy atom. The third-order valence-electron chi connectivity index (χ3n) is 3.06. The second-order valence-corrected chi connectivity index (χ2v) is 5.45. The molecule has 1 aliphatic rings. The van der Waals surface area contributed by atoms with Gasteiger partial charge in [-0.25, -0.2) is 9.78 Å². The van der Waals surface area contributed by atoms with Crippen LogP contribution in [0.25, 0.3) is 0 Å². The summed E-state index contributed by atoms with van der Waals surface area (Å²) in [5.74, 6) is -1.05. The predicted molar refractivity (Wildman–Crippen MR) is 71.2 cm³/mol. The number of thiazole rings is 1. The molecule has 19 heavy (non-hydrogen) atoms. The number of carbonyl (C=O) groups is 2. The lowest BCUT2D eigenvalue weighted by Crippen LogP contribution is -2.29. The number of aromatic nitrogens is 1. The first-order valence-electron chi connectivity index (χ1n) is 6.32. The van der Waals surface area contributed by atoms with Crippen molar-refractivity contribution in [3.05, 3.63) is 16.1 Å². The molecule has 0 atom stereocenters. The van der Waals surface area contributed by atoms with Crippen molar-refractivity contribution in [2.24, 2.45) is 0 Å². The minimum atomic E-state index is -1.04. The fraction of sp³-hybridized carbons (Fsp3) is 0.583. The van der Waals surface area contributed by atoms with E-state index in [1.165, 1.54) is 29.6 Å². The topological polar surface area (TPSA) is 82.5 Å². The molecule has 1 amide bonds. The lowest BCUT2D eigenvalue weighted by Gasteiger charge is -2.13. The van der Waals surface area contributed by atoms with E-state index in [1.54, 1.807) is 0 Å². The molecule has 0 aromatic carbocycles. The molecule has 104 valence electrons. The zero-order valence-corrected chi connectivity index (χ0v) is 11.4. The Hall–Kier alpha value is -1.47. The van der Waals surface area contributed by atoms with Crippen molar-refractivity contribution in [2.45, 2.75) is 25.8 Å². The van der Waals surface area contributed by atoms with Crippen LogP contribution >= 0.6 is 11.3 Å². The fourth-order valence-corrected chi connectivity index (χ4v) is 2.73. The molecule has 0 saturated carbocycles. The van der Waals surface area contributed by atoms with Gasteiger partial charge >= 0.3 is 5.97 Å². The molecular weight excluding hydrogens is 266 g/mol. The van der Waals surface area contributed by atoms with Crippen molar-refractivity contribution in [1.82, 2.24) is 15.2 Å². The van der Waals surface area contributed by atoms with E-state index < -0.39 is 5.97 Å². The number of carboxylic acids is 1. The maximum absolute atomic E-state index is 11.6. The number of carbonyl (C=O) groups excluding carboxylic acids is 1. The highest BCUT2D eigenvalue weighted by molar-refractivity contribution is 7.09. The largest absolute Gasteiger partial charge is 0.476 e. The minimum Gasteiger partial charge on any atom is -0.476 e. The van der Waals surface area contributed by atoms with Crippen LogP contribution in [0.2, 0.25) is 0 Å². The molecule has 2 rings (SSSR count). The number of hydrogen-bond donors (Lipinski definition) is 2. The zero-order chi connectivity index (χ0) is 13.7. The molecule has 1 aliphatic heterocycles. The van der Waals surface area contributed by atoms with Gasteiger partial charge in [0, 0.05) is 18.3 Å². The molecule has 7 heteroatoms. The number of nitrogens with one attached hydrogen (secondary N) is 1. The maximum atomic E-state index is 11.6.